The van der Waals surface area contributed by atoms with Crippen molar-refractivity contribution < 1.29 is 4.79 Å². The van der Waals surface area contributed by atoms with E-state index in [0.29, 0.717) is 5.95 Å². The number of nitrogens with one attached hydrogen (secondary N) is 1. The van der Waals surface area contributed by atoms with Crippen LogP contribution in [0.5, 0.6) is 0 Å². The number of aryl methyl sites for hydroxylation is 2. The minimum absolute atomic E-state index is 0.0585. The molecule has 3 rings (SSSR count). The maximum Gasteiger partial charge on any atom is 0.288 e. The number of rotatable bonds is 2. The molecule has 3 N–H and O–H groups in total. The molecule has 0 saturated heterocycles. The zero-order valence-electron chi connectivity index (χ0n) is 11.6. The van der Waals surface area contributed by atoms with Crippen LogP contribution in [0.4, 0.5) is 5.95 Å². The van der Waals surface area contributed by atoms with Gasteiger partial charge in [-0.15, -0.1) is 5.10 Å². The largest absolute Gasteiger partial charge is 0.363 e. The predicted molar refractivity (Wildman–Crippen MR) is 75.7 cm³/mol. The zero-order chi connectivity index (χ0) is 14.3. The number of anilines is 1. The molecule has 1 aromatic carbocycles. The second kappa shape index (κ2) is 4.63. The molecule has 0 radical (unpaired) electrons. The van der Waals surface area contributed by atoms with Gasteiger partial charge < -0.3 is 11.1 Å². The van der Waals surface area contributed by atoms with E-state index in [4.69, 9.17) is 5.73 Å². The van der Waals surface area contributed by atoms with Crippen molar-refractivity contribution in [3.8, 4) is 0 Å². The van der Waals surface area contributed by atoms with E-state index in [9.17, 15) is 4.79 Å². The fraction of sp³-hybridized carbons (Fsp3) is 0.357. The monoisotopic (exact) mass is 271 g/mol. The number of hydrogen-bond acceptors (Lipinski definition) is 4. The highest BCUT2D eigenvalue weighted by molar-refractivity contribution is 5.89. The summed E-state index contributed by atoms with van der Waals surface area (Å²) in [6.45, 7) is 4.99. The first-order valence-corrected chi connectivity index (χ1v) is 6.63. The SMILES string of the molecule is Cc1ccc(C2CCNc3nc(C(N)=O)nn32)cc1C. The fourth-order valence-electron chi connectivity index (χ4n) is 2.49. The third-order valence-electron chi connectivity index (χ3n) is 3.76. The van der Waals surface area contributed by atoms with Gasteiger partial charge in [0.05, 0.1) is 6.04 Å². The Morgan fingerprint density at radius 3 is 2.90 bits per heavy atom. The lowest BCUT2D eigenvalue weighted by Gasteiger charge is -2.25. The summed E-state index contributed by atoms with van der Waals surface area (Å²) < 4.78 is 1.76. The number of carbonyl (C=O) groups is 1. The zero-order valence-corrected chi connectivity index (χ0v) is 11.6. The molecule has 1 unspecified atom stereocenters. The fourth-order valence-corrected chi connectivity index (χ4v) is 2.49. The third kappa shape index (κ3) is 2.03. The number of aromatic nitrogens is 3. The molecule has 104 valence electrons. The molecule has 6 nitrogen and oxygen atoms in total. The summed E-state index contributed by atoms with van der Waals surface area (Å²) >= 11 is 0. The van der Waals surface area contributed by atoms with Crippen LogP contribution < -0.4 is 11.1 Å². The molecule has 1 amide bonds. The van der Waals surface area contributed by atoms with E-state index in [2.05, 4.69) is 47.4 Å². The highest BCUT2D eigenvalue weighted by Crippen LogP contribution is 2.29. The van der Waals surface area contributed by atoms with Crippen LogP contribution in [0.3, 0.4) is 0 Å². The van der Waals surface area contributed by atoms with Crippen molar-refractivity contribution in [2.45, 2.75) is 26.3 Å². The molecule has 6 heteroatoms. The van der Waals surface area contributed by atoms with Crippen LogP contribution in [-0.2, 0) is 0 Å². The topological polar surface area (TPSA) is 85.8 Å². The Morgan fingerprint density at radius 2 is 2.20 bits per heavy atom. The Bertz CT molecular complexity index is 676. The number of benzene rings is 1. The van der Waals surface area contributed by atoms with Crippen LogP contribution in [0.25, 0.3) is 0 Å². The minimum atomic E-state index is -0.604. The number of amides is 1. The van der Waals surface area contributed by atoms with Gasteiger partial charge >= 0.3 is 0 Å². The van der Waals surface area contributed by atoms with Crippen molar-refractivity contribution in [1.82, 2.24) is 14.8 Å². The number of fused-ring (bicyclic) bond motifs is 1. The summed E-state index contributed by atoms with van der Waals surface area (Å²) in [5.41, 5.74) is 8.94. The van der Waals surface area contributed by atoms with Crippen molar-refractivity contribution >= 4 is 11.9 Å². The molecule has 0 fully saturated rings. The van der Waals surface area contributed by atoms with Gasteiger partial charge in [0.2, 0.25) is 11.8 Å². The van der Waals surface area contributed by atoms with Gasteiger partial charge in [0.15, 0.2) is 0 Å². The van der Waals surface area contributed by atoms with Gasteiger partial charge in [0, 0.05) is 6.54 Å². The molecule has 1 atom stereocenters. The molecule has 2 heterocycles. The van der Waals surface area contributed by atoms with Crippen LogP contribution in [-0.4, -0.2) is 27.2 Å². The smallest absolute Gasteiger partial charge is 0.288 e. The molecule has 1 aliphatic heterocycles. The molecule has 0 bridgehead atoms. The van der Waals surface area contributed by atoms with Gasteiger partial charge in [-0.1, -0.05) is 18.2 Å². The average molecular weight is 271 g/mol. The second-order valence-corrected chi connectivity index (χ2v) is 5.14. The van der Waals surface area contributed by atoms with Crippen LogP contribution in [0.15, 0.2) is 18.2 Å². The molecular weight excluding hydrogens is 254 g/mol. The van der Waals surface area contributed by atoms with Gasteiger partial charge in [0.25, 0.3) is 5.91 Å². The molecule has 1 aromatic heterocycles. The number of primary amides is 1. The van der Waals surface area contributed by atoms with Crippen molar-refractivity contribution in [3.63, 3.8) is 0 Å². The Balaban J connectivity index is 2.04. The molecule has 0 spiro atoms. The molecular formula is C14H17N5O. The summed E-state index contributed by atoms with van der Waals surface area (Å²) in [5.74, 6) is 0.0593. The Hall–Kier alpha value is -2.37. The van der Waals surface area contributed by atoms with Crippen LogP contribution in [0.1, 0.15) is 39.8 Å². The maximum absolute atomic E-state index is 11.2. The Labute approximate surface area is 117 Å². The lowest BCUT2D eigenvalue weighted by atomic mass is 9.98. The van der Waals surface area contributed by atoms with E-state index in [1.807, 2.05) is 0 Å². The molecule has 0 aliphatic carbocycles. The van der Waals surface area contributed by atoms with Gasteiger partial charge in [-0.05, 0) is 37.0 Å². The van der Waals surface area contributed by atoms with Gasteiger partial charge in [-0.3, -0.25) is 4.79 Å². The Morgan fingerprint density at radius 1 is 1.40 bits per heavy atom. The van der Waals surface area contributed by atoms with Crippen LogP contribution in [0.2, 0.25) is 0 Å². The molecule has 2 aromatic rings. The number of hydrogen-bond donors (Lipinski definition) is 2. The van der Waals surface area contributed by atoms with Gasteiger partial charge in [-0.2, -0.15) is 4.98 Å². The van der Waals surface area contributed by atoms with Gasteiger partial charge in [0.1, 0.15) is 0 Å². The minimum Gasteiger partial charge on any atom is -0.363 e. The summed E-state index contributed by atoms with van der Waals surface area (Å²) in [6.07, 6.45) is 0.900. The van der Waals surface area contributed by atoms with E-state index in [0.717, 1.165) is 13.0 Å². The van der Waals surface area contributed by atoms with Crippen molar-refractivity contribution in [2.24, 2.45) is 5.73 Å². The lowest BCUT2D eigenvalue weighted by molar-refractivity contribution is 0.0990. The van der Waals surface area contributed by atoms with Crippen LogP contribution >= 0.6 is 0 Å². The van der Waals surface area contributed by atoms with E-state index in [-0.39, 0.29) is 11.9 Å². The summed E-state index contributed by atoms with van der Waals surface area (Å²) in [4.78, 5) is 15.3. The van der Waals surface area contributed by atoms with Crippen molar-refractivity contribution in [1.29, 1.82) is 0 Å². The Kier molecular flexibility index (Phi) is 2.93. The second-order valence-electron chi connectivity index (χ2n) is 5.14. The summed E-state index contributed by atoms with van der Waals surface area (Å²) in [6, 6.07) is 6.47. The molecule has 20 heavy (non-hydrogen) atoms. The van der Waals surface area contributed by atoms with Crippen molar-refractivity contribution in [2.75, 3.05) is 11.9 Å². The van der Waals surface area contributed by atoms with E-state index in [1.165, 1.54) is 16.7 Å². The normalized spacial score (nSPS) is 17.4. The molecule has 0 saturated carbocycles. The van der Waals surface area contributed by atoms with E-state index in [1.54, 1.807) is 4.68 Å². The quantitative estimate of drug-likeness (QED) is 0.864. The lowest BCUT2D eigenvalue weighted by Crippen LogP contribution is -2.25. The average Bonchev–Trinajstić information content (AvgIpc) is 2.86. The highest BCUT2D eigenvalue weighted by Gasteiger charge is 2.25. The molecule has 1 aliphatic rings. The van der Waals surface area contributed by atoms with E-state index < -0.39 is 5.91 Å². The van der Waals surface area contributed by atoms with Crippen LogP contribution in [0, 0.1) is 13.8 Å². The number of nitrogens with two attached hydrogens (primary N) is 1. The van der Waals surface area contributed by atoms with E-state index >= 15 is 0 Å². The first-order chi connectivity index (χ1) is 9.56. The standard InChI is InChI=1S/C14H17N5O/c1-8-3-4-10(7-9(8)2)11-5-6-16-14-17-13(12(15)20)18-19(11)14/h3-4,7,11H,5-6H2,1-2H3,(H2,15,20)(H,16,17,18). The summed E-state index contributed by atoms with van der Waals surface area (Å²) in [7, 11) is 0. The number of carbonyl (C=O) groups excluding carboxylic acids is 1. The summed E-state index contributed by atoms with van der Waals surface area (Å²) in [5, 5.41) is 7.37. The van der Waals surface area contributed by atoms with Crippen molar-refractivity contribution in [3.05, 3.63) is 40.7 Å². The number of nitrogens with zero attached hydrogens (tertiary/aromatic N) is 3. The maximum atomic E-state index is 11.2. The predicted octanol–water partition coefficient (Wildman–Crippen LogP) is 1.40. The first-order valence-electron chi connectivity index (χ1n) is 6.63. The highest BCUT2D eigenvalue weighted by atomic mass is 16.1. The first kappa shape index (κ1) is 12.7. The van der Waals surface area contributed by atoms with Gasteiger partial charge in [-0.25, -0.2) is 4.68 Å². The third-order valence-corrected chi connectivity index (χ3v) is 3.76.